The van der Waals surface area contributed by atoms with Gasteiger partial charge in [0.05, 0.1) is 17.1 Å². The third kappa shape index (κ3) is 3.67. The molecule has 21 heavy (non-hydrogen) atoms. The summed E-state index contributed by atoms with van der Waals surface area (Å²) in [4.78, 5) is 15.8. The van der Waals surface area contributed by atoms with Crippen LogP contribution < -0.4 is 16.6 Å². The smallest absolute Gasteiger partial charge is 0.276 e. The van der Waals surface area contributed by atoms with Crippen LogP contribution in [0.1, 0.15) is 18.7 Å². The lowest BCUT2D eigenvalue weighted by atomic mass is 9.91. The van der Waals surface area contributed by atoms with Crippen LogP contribution in [0.5, 0.6) is 0 Å². The lowest BCUT2D eigenvalue weighted by Gasteiger charge is -2.24. The molecule has 112 valence electrons. The van der Waals surface area contributed by atoms with Crippen molar-refractivity contribution in [3.63, 3.8) is 0 Å². The third-order valence-electron chi connectivity index (χ3n) is 3.07. The van der Waals surface area contributed by atoms with E-state index >= 15 is 0 Å². The molecule has 0 aliphatic rings. The SMILES string of the molecule is CC(C)(CNc1cc([N+](=O)[O-])cc(NN)n1)c1cccs1. The van der Waals surface area contributed by atoms with Crippen molar-refractivity contribution in [2.75, 3.05) is 17.3 Å². The van der Waals surface area contributed by atoms with Gasteiger partial charge in [0.15, 0.2) is 0 Å². The quantitative estimate of drug-likeness (QED) is 0.430. The van der Waals surface area contributed by atoms with Crippen molar-refractivity contribution in [1.82, 2.24) is 4.98 Å². The van der Waals surface area contributed by atoms with E-state index in [2.05, 4.69) is 35.6 Å². The number of thiophene rings is 1. The molecule has 0 aliphatic carbocycles. The van der Waals surface area contributed by atoms with E-state index in [0.717, 1.165) is 0 Å². The molecule has 2 rings (SSSR count). The molecule has 0 amide bonds. The number of hydrogen-bond donors (Lipinski definition) is 3. The fourth-order valence-corrected chi connectivity index (χ4v) is 2.70. The third-order valence-corrected chi connectivity index (χ3v) is 4.30. The Morgan fingerprint density at radius 1 is 1.43 bits per heavy atom. The van der Waals surface area contributed by atoms with Crippen LogP contribution in [0.3, 0.4) is 0 Å². The summed E-state index contributed by atoms with van der Waals surface area (Å²) < 4.78 is 0. The Bertz CT molecular complexity index is 627. The number of hydrazine groups is 1. The van der Waals surface area contributed by atoms with Gasteiger partial charge in [0.2, 0.25) is 0 Å². The highest BCUT2D eigenvalue weighted by molar-refractivity contribution is 7.10. The van der Waals surface area contributed by atoms with Gasteiger partial charge in [-0.15, -0.1) is 11.3 Å². The standard InChI is InChI=1S/C13H17N5O2S/c1-13(2,10-4-3-5-21-10)8-15-11-6-9(18(19)20)7-12(16-11)17-14/h3-7H,8,14H2,1-2H3,(H2,15,16,17). The molecule has 0 bridgehead atoms. The molecule has 8 heteroatoms. The van der Waals surface area contributed by atoms with E-state index in [-0.39, 0.29) is 16.9 Å². The Kier molecular flexibility index (Phi) is 4.39. The van der Waals surface area contributed by atoms with E-state index in [4.69, 9.17) is 5.84 Å². The summed E-state index contributed by atoms with van der Waals surface area (Å²) in [6.45, 7) is 4.81. The zero-order chi connectivity index (χ0) is 15.5. The van der Waals surface area contributed by atoms with Gasteiger partial charge in [-0.1, -0.05) is 19.9 Å². The minimum atomic E-state index is -0.474. The van der Waals surface area contributed by atoms with Crippen LogP contribution in [0.25, 0.3) is 0 Å². The van der Waals surface area contributed by atoms with E-state index in [1.165, 1.54) is 17.0 Å². The number of pyridine rings is 1. The molecule has 0 spiro atoms. The summed E-state index contributed by atoms with van der Waals surface area (Å²) in [6, 6.07) is 6.75. The first kappa shape index (κ1) is 15.2. The Morgan fingerprint density at radius 2 is 2.14 bits per heavy atom. The molecule has 2 aromatic rings. The zero-order valence-corrected chi connectivity index (χ0v) is 12.6. The van der Waals surface area contributed by atoms with Gasteiger partial charge in [-0.2, -0.15) is 0 Å². The number of nitrogens with two attached hydrogens (primary N) is 1. The van der Waals surface area contributed by atoms with Crippen LogP contribution in [0.2, 0.25) is 0 Å². The van der Waals surface area contributed by atoms with Gasteiger partial charge in [-0.25, -0.2) is 10.8 Å². The molecule has 0 saturated heterocycles. The van der Waals surface area contributed by atoms with Gasteiger partial charge in [0, 0.05) is 16.8 Å². The second kappa shape index (κ2) is 6.06. The van der Waals surface area contributed by atoms with Crippen LogP contribution in [0.4, 0.5) is 17.3 Å². The monoisotopic (exact) mass is 307 g/mol. The number of hydrogen-bond acceptors (Lipinski definition) is 7. The van der Waals surface area contributed by atoms with Gasteiger partial charge >= 0.3 is 0 Å². The van der Waals surface area contributed by atoms with E-state index in [1.807, 2.05) is 11.4 Å². The second-order valence-corrected chi connectivity index (χ2v) is 6.16. The Morgan fingerprint density at radius 3 is 2.71 bits per heavy atom. The van der Waals surface area contributed by atoms with E-state index < -0.39 is 4.92 Å². The van der Waals surface area contributed by atoms with Gasteiger partial charge in [-0.3, -0.25) is 10.1 Å². The number of nitrogens with zero attached hydrogens (tertiary/aromatic N) is 2. The van der Waals surface area contributed by atoms with Crippen LogP contribution in [-0.4, -0.2) is 16.5 Å². The summed E-state index contributed by atoms with van der Waals surface area (Å²) in [6.07, 6.45) is 0. The maximum absolute atomic E-state index is 10.9. The first-order chi connectivity index (χ1) is 9.92. The molecule has 0 aromatic carbocycles. The lowest BCUT2D eigenvalue weighted by Crippen LogP contribution is -2.27. The number of rotatable bonds is 6. The van der Waals surface area contributed by atoms with Crippen molar-refractivity contribution in [2.24, 2.45) is 5.84 Å². The Labute approximate surface area is 126 Å². The number of nitrogens with one attached hydrogen (secondary N) is 2. The van der Waals surface area contributed by atoms with Crippen molar-refractivity contribution >= 4 is 28.7 Å². The number of anilines is 2. The molecule has 2 aromatic heterocycles. The van der Waals surface area contributed by atoms with Crippen LogP contribution >= 0.6 is 11.3 Å². The van der Waals surface area contributed by atoms with E-state index in [1.54, 1.807) is 11.3 Å². The Balaban J connectivity index is 2.16. The molecule has 7 nitrogen and oxygen atoms in total. The van der Waals surface area contributed by atoms with Gasteiger partial charge < -0.3 is 10.7 Å². The molecular weight excluding hydrogens is 290 g/mol. The van der Waals surface area contributed by atoms with Crippen molar-refractivity contribution in [1.29, 1.82) is 0 Å². The normalized spacial score (nSPS) is 11.2. The van der Waals surface area contributed by atoms with Gasteiger partial charge in [0.1, 0.15) is 11.6 Å². The summed E-state index contributed by atoms with van der Waals surface area (Å²) >= 11 is 1.68. The van der Waals surface area contributed by atoms with Gasteiger partial charge in [0.25, 0.3) is 5.69 Å². The largest absolute Gasteiger partial charge is 0.369 e. The molecule has 0 radical (unpaired) electrons. The van der Waals surface area contributed by atoms with Crippen LogP contribution in [-0.2, 0) is 5.41 Å². The summed E-state index contributed by atoms with van der Waals surface area (Å²) in [5, 5.41) is 16.1. The average molecular weight is 307 g/mol. The molecule has 2 heterocycles. The predicted molar refractivity (Wildman–Crippen MR) is 84.5 cm³/mol. The second-order valence-electron chi connectivity index (χ2n) is 5.21. The molecule has 4 N–H and O–H groups in total. The number of aromatic nitrogens is 1. The van der Waals surface area contributed by atoms with Crippen molar-refractivity contribution in [3.05, 3.63) is 44.6 Å². The first-order valence-corrected chi connectivity index (χ1v) is 7.21. The van der Waals surface area contributed by atoms with Crippen LogP contribution in [0, 0.1) is 10.1 Å². The topological polar surface area (TPSA) is 106 Å². The van der Waals surface area contributed by atoms with E-state index in [9.17, 15) is 10.1 Å². The fraction of sp³-hybridized carbons (Fsp3) is 0.308. The molecule has 0 fully saturated rings. The summed E-state index contributed by atoms with van der Waals surface area (Å²) in [7, 11) is 0. The number of nitrogen functional groups attached to an aromatic ring is 1. The lowest BCUT2D eigenvalue weighted by molar-refractivity contribution is -0.384. The predicted octanol–water partition coefficient (Wildman–Crippen LogP) is 2.73. The molecule has 0 saturated carbocycles. The number of nitro groups is 1. The van der Waals surface area contributed by atoms with Crippen LogP contribution in [0.15, 0.2) is 29.6 Å². The van der Waals surface area contributed by atoms with Crippen molar-refractivity contribution < 1.29 is 4.92 Å². The minimum Gasteiger partial charge on any atom is -0.369 e. The highest BCUT2D eigenvalue weighted by Crippen LogP contribution is 2.28. The maximum atomic E-state index is 10.9. The minimum absolute atomic E-state index is 0.0608. The summed E-state index contributed by atoms with van der Waals surface area (Å²) in [5.41, 5.74) is 2.17. The van der Waals surface area contributed by atoms with Gasteiger partial charge in [-0.05, 0) is 11.4 Å². The molecular formula is C13H17N5O2S. The Hall–Kier alpha value is -2.19. The zero-order valence-electron chi connectivity index (χ0n) is 11.8. The van der Waals surface area contributed by atoms with E-state index in [0.29, 0.717) is 12.4 Å². The highest BCUT2D eigenvalue weighted by Gasteiger charge is 2.22. The molecule has 0 aliphatic heterocycles. The highest BCUT2D eigenvalue weighted by atomic mass is 32.1. The maximum Gasteiger partial charge on any atom is 0.276 e. The fourth-order valence-electron chi connectivity index (χ4n) is 1.85. The summed E-state index contributed by atoms with van der Waals surface area (Å²) in [5.74, 6) is 5.95. The average Bonchev–Trinajstić information content (AvgIpc) is 3.00. The molecule has 0 atom stereocenters. The van der Waals surface area contributed by atoms with Crippen molar-refractivity contribution in [2.45, 2.75) is 19.3 Å². The molecule has 0 unspecified atom stereocenters. The first-order valence-electron chi connectivity index (χ1n) is 6.33. The van der Waals surface area contributed by atoms with Crippen molar-refractivity contribution in [3.8, 4) is 0 Å².